The van der Waals surface area contributed by atoms with E-state index in [4.69, 9.17) is 0 Å². The lowest BCUT2D eigenvalue weighted by molar-refractivity contribution is -0.137. The Bertz CT molecular complexity index is 982. The summed E-state index contributed by atoms with van der Waals surface area (Å²) in [5, 5.41) is 6.82. The van der Waals surface area contributed by atoms with Crippen molar-refractivity contribution in [3.63, 3.8) is 0 Å². The largest absolute Gasteiger partial charge is 0.416 e. The molecule has 0 bridgehead atoms. The Morgan fingerprint density at radius 3 is 2.19 bits per heavy atom. The van der Waals surface area contributed by atoms with Crippen molar-refractivity contribution in [2.45, 2.75) is 6.18 Å². The molecule has 4 nitrogen and oxygen atoms in total. The summed E-state index contributed by atoms with van der Waals surface area (Å²) >= 11 is 0. The number of benzene rings is 3. The predicted molar refractivity (Wildman–Crippen MR) is 96.4 cm³/mol. The number of nitrogens with one attached hydrogen (secondary N) is 2. The predicted octanol–water partition coefficient (Wildman–Crippen LogP) is 4.23. The van der Waals surface area contributed by atoms with Gasteiger partial charge in [0.05, 0.1) is 12.1 Å². The fourth-order valence-corrected chi connectivity index (χ4v) is 2.54. The van der Waals surface area contributed by atoms with E-state index in [0.717, 1.165) is 35.0 Å². The summed E-state index contributed by atoms with van der Waals surface area (Å²) in [5.41, 5.74) is -0.172. The molecule has 0 unspecified atom stereocenters. The SMILES string of the molecule is O=C(CNC(=O)c1ccc2ccccc2c1)Nc1ccc(C(F)(F)F)cc1. The molecule has 0 saturated carbocycles. The van der Waals surface area contributed by atoms with Gasteiger partial charge in [0.1, 0.15) is 0 Å². The molecule has 0 aliphatic heterocycles. The van der Waals surface area contributed by atoms with Gasteiger partial charge in [0, 0.05) is 11.3 Å². The molecule has 0 heterocycles. The topological polar surface area (TPSA) is 58.2 Å². The Labute approximate surface area is 153 Å². The van der Waals surface area contributed by atoms with Crippen molar-refractivity contribution >= 4 is 28.3 Å². The zero-order valence-corrected chi connectivity index (χ0v) is 14.0. The molecule has 0 saturated heterocycles. The van der Waals surface area contributed by atoms with Gasteiger partial charge in [-0.2, -0.15) is 13.2 Å². The molecule has 0 spiro atoms. The van der Waals surface area contributed by atoms with E-state index in [1.807, 2.05) is 30.3 Å². The van der Waals surface area contributed by atoms with Gasteiger partial charge in [0.25, 0.3) is 5.91 Å². The normalized spacial score (nSPS) is 11.2. The van der Waals surface area contributed by atoms with Gasteiger partial charge in [-0.3, -0.25) is 9.59 Å². The second kappa shape index (κ2) is 7.49. The second-order valence-electron chi connectivity index (χ2n) is 5.87. The van der Waals surface area contributed by atoms with Crippen LogP contribution in [-0.4, -0.2) is 18.4 Å². The Kier molecular flexibility index (Phi) is 5.12. The van der Waals surface area contributed by atoms with Crippen molar-refractivity contribution in [1.29, 1.82) is 0 Å². The maximum atomic E-state index is 12.5. The Morgan fingerprint density at radius 1 is 0.852 bits per heavy atom. The van der Waals surface area contributed by atoms with Gasteiger partial charge in [-0.1, -0.05) is 30.3 Å². The van der Waals surface area contributed by atoms with Crippen LogP contribution >= 0.6 is 0 Å². The maximum Gasteiger partial charge on any atom is 0.416 e. The summed E-state index contributed by atoms with van der Waals surface area (Å²) in [6.45, 7) is -0.299. The van der Waals surface area contributed by atoms with Crippen molar-refractivity contribution in [2.75, 3.05) is 11.9 Å². The zero-order valence-electron chi connectivity index (χ0n) is 14.0. The van der Waals surface area contributed by atoms with E-state index in [9.17, 15) is 22.8 Å². The summed E-state index contributed by atoms with van der Waals surface area (Å²) in [4.78, 5) is 24.1. The molecule has 0 radical (unpaired) electrons. The third-order valence-corrected chi connectivity index (χ3v) is 3.92. The molecule has 27 heavy (non-hydrogen) atoms. The molecule has 0 aliphatic carbocycles. The Hall–Kier alpha value is -3.35. The summed E-state index contributed by atoms with van der Waals surface area (Å²) in [6, 6.07) is 16.8. The lowest BCUT2D eigenvalue weighted by atomic mass is 10.1. The van der Waals surface area contributed by atoms with Gasteiger partial charge < -0.3 is 10.6 Å². The first-order chi connectivity index (χ1) is 12.8. The molecule has 3 aromatic carbocycles. The maximum absolute atomic E-state index is 12.5. The summed E-state index contributed by atoms with van der Waals surface area (Å²) in [7, 11) is 0. The lowest BCUT2D eigenvalue weighted by Crippen LogP contribution is -2.32. The number of anilines is 1. The fraction of sp³-hybridized carbons (Fsp3) is 0.100. The molecule has 0 aliphatic rings. The van der Waals surface area contributed by atoms with Crippen LogP contribution in [0.15, 0.2) is 66.7 Å². The van der Waals surface area contributed by atoms with E-state index >= 15 is 0 Å². The molecule has 2 N–H and O–H groups in total. The second-order valence-corrected chi connectivity index (χ2v) is 5.87. The first-order valence-corrected chi connectivity index (χ1v) is 8.07. The Balaban J connectivity index is 1.57. The lowest BCUT2D eigenvalue weighted by Gasteiger charge is -2.09. The first-order valence-electron chi connectivity index (χ1n) is 8.07. The molecule has 0 atom stereocenters. The van der Waals surface area contributed by atoms with Crippen LogP contribution in [0.2, 0.25) is 0 Å². The number of halogens is 3. The van der Waals surface area contributed by atoms with Crippen LogP contribution < -0.4 is 10.6 Å². The van der Waals surface area contributed by atoms with E-state index in [1.54, 1.807) is 12.1 Å². The highest BCUT2D eigenvalue weighted by Gasteiger charge is 2.29. The standard InChI is InChI=1S/C20H15F3N2O2/c21-20(22,23)16-7-9-17(10-8-16)25-18(26)12-24-19(27)15-6-5-13-3-1-2-4-14(13)11-15/h1-11H,12H2,(H,24,27)(H,25,26). The molecular formula is C20H15F3N2O2. The smallest absolute Gasteiger partial charge is 0.343 e. The summed E-state index contributed by atoms with van der Waals surface area (Å²) in [6.07, 6.45) is -4.43. The fourth-order valence-electron chi connectivity index (χ4n) is 2.54. The summed E-state index contributed by atoms with van der Waals surface area (Å²) in [5.74, 6) is -0.952. The van der Waals surface area contributed by atoms with E-state index < -0.39 is 23.6 Å². The molecule has 3 aromatic rings. The highest BCUT2D eigenvalue weighted by Crippen LogP contribution is 2.29. The number of alkyl halides is 3. The highest BCUT2D eigenvalue weighted by atomic mass is 19.4. The molecule has 0 aromatic heterocycles. The molecule has 0 fully saturated rings. The number of fused-ring (bicyclic) bond motifs is 1. The number of hydrogen-bond donors (Lipinski definition) is 2. The van der Waals surface area contributed by atoms with Gasteiger partial charge in [-0.25, -0.2) is 0 Å². The first kappa shape index (κ1) is 18.4. The number of carbonyl (C=O) groups is 2. The van der Waals surface area contributed by atoms with E-state index in [-0.39, 0.29) is 12.2 Å². The number of rotatable bonds is 4. The quantitative estimate of drug-likeness (QED) is 0.720. The van der Waals surface area contributed by atoms with Crippen LogP contribution in [-0.2, 0) is 11.0 Å². The average molecular weight is 372 g/mol. The van der Waals surface area contributed by atoms with Crippen LogP contribution in [0.3, 0.4) is 0 Å². The van der Waals surface area contributed by atoms with Crippen molar-refractivity contribution < 1.29 is 22.8 Å². The third kappa shape index (κ3) is 4.63. The van der Waals surface area contributed by atoms with Crippen LogP contribution in [0.4, 0.5) is 18.9 Å². The van der Waals surface area contributed by atoms with Gasteiger partial charge in [-0.05, 0) is 47.2 Å². The van der Waals surface area contributed by atoms with Crippen molar-refractivity contribution in [3.8, 4) is 0 Å². The van der Waals surface area contributed by atoms with Gasteiger partial charge in [0.15, 0.2) is 0 Å². The van der Waals surface area contributed by atoms with Crippen LogP contribution in [0.1, 0.15) is 15.9 Å². The van der Waals surface area contributed by atoms with Crippen molar-refractivity contribution in [2.24, 2.45) is 0 Å². The Morgan fingerprint density at radius 2 is 1.52 bits per heavy atom. The van der Waals surface area contributed by atoms with Crippen LogP contribution in [0, 0.1) is 0 Å². The molecule has 3 rings (SSSR count). The van der Waals surface area contributed by atoms with Crippen molar-refractivity contribution in [1.82, 2.24) is 5.32 Å². The monoisotopic (exact) mass is 372 g/mol. The van der Waals surface area contributed by atoms with Crippen LogP contribution in [0.5, 0.6) is 0 Å². The minimum absolute atomic E-state index is 0.216. The van der Waals surface area contributed by atoms with E-state index in [1.165, 1.54) is 0 Å². The molecular weight excluding hydrogens is 357 g/mol. The van der Waals surface area contributed by atoms with Crippen LogP contribution in [0.25, 0.3) is 10.8 Å². The zero-order chi connectivity index (χ0) is 19.4. The molecule has 2 amide bonds. The van der Waals surface area contributed by atoms with Crippen molar-refractivity contribution in [3.05, 3.63) is 77.9 Å². The van der Waals surface area contributed by atoms with Gasteiger partial charge in [0.2, 0.25) is 5.91 Å². The number of amides is 2. The van der Waals surface area contributed by atoms with E-state index in [0.29, 0.717) is 5.56 Å². The van der Waals surface area contributed by atoms with E-state index in [2.05, 4.69) is 10.6 Å². The van der Waals surface area contributed by atoms with Gasteiger partial charge in [-0.15, -0.1) is 0 Å². The minimum atomic E-state index is -4.43. The third-order valence-electron chi connectivity index (χ3n) is 3.92. The number of hydrogen-bond acceptors (Lipinski definition) is 2. The van der Waals surface area contributed by atoms with Gasteiger partial charge >= 0.3 is 6.18 Å². The minimum Gasteiger partial charge on any atom is -0.343 e. The average Bonchev–Trinajstić information content (AvgIpc) is 2.65. The highest BCUT2D eigenvalue weighted by molar-refractivity contribution is 6.01. The molecule has 138 valence electrons. The summed E-state index contributed by atoms with van der Waals surface area (Å²) < 4.78 is 37.5. The number of carbonyl (C=O) groups excluding carboxylic acids is 2. The molecule has 7 heteroatoms.